The van der Waals surface area contributed by atoms with Gasteiger partial charge in [-0.2, -0.15) is 5.26 Å². The quantitative estimate of drug-likeness (QED) is 0.587. The lowest BCUT2D eigenvalue weighted by atomic mass is 10.00. The third-order valence-corrected chi connectivity index (χ3v) is 3.35. The molecule has 2 rings (SSSR count). The topological polar surface area (TPSA) is 50.1 Å². The van der Waals surface area contributed by atoms with Gasteiger partial charge in [-0.15, -0.1) is 0 Å². The maximum absolute atomic E-state index is 11.9. The number of carbonyl (C=O) groups excluding carboxylic acids is 1. The van der Waals surface area contributed by atoms with Gasteiger partial charge in [-0.1, -0.05) is 56.3 Å². The van der Waals surface area contributed by atoms with Gasteiger partial charge in [0, 0.05) is 5.92 Å². The molecule has 0 unspecified atom stereocenters. The number of Topliss-reactive ketones (excluding diaryl/α,β-unsaturated/α-hetero) is 1. The standard InChI is InChI=1S/C20H19NO2/c1-15(2)20(22)18(13-21)12-16-8-10-19(11-9-16)23-14-17-6-4-3-5-7-17/h3-12,15H,14H2,1-2H3/b18-12-. The minimum absolute atomic E-state index is 0.142. The maximum atomic E-state index is 11.9. The van der Waals surface area contributed by atoms with Crippen molar-refractivity contribution in [2.24, 2.45) is 5.92 Å². The highest BCUT2D eigenvalue weighted by Gasteiger charge is 2.13. The second-order valence-electron chi connectivity index (χ2n) is 5.53. The maximum Gasteiger partial charge on any atom is 0.175 e. The van der Waals surface area contributed by atoms with Crippen LogP contribution in [0.1, 0.15) is 25.0 Å². The van der Waals surface area contributed by atoms with Crippen LogP contribution in [0.5, 0.6) is 5.75 Å². The molecule has 0 aromatic heterocycles. The van der Waals surface area contributed by atoms with Gasteiger partial charge in [-0.05, 0) is 29.3 Å². The number of ketones is 1. The Bertz CT molecular complexity index is 722. The lowest BCUT2D eigenvalue weighted by Gasteiger charge is -2.07. The van der Waals surface area contributed by atoms with Crippen molar-refractivity contribution >= 4 is 11.9 Å². The molecule has 2 aromatic carbocycles. The summed E-state index contributed by atoms with van der Waals surface area (Å²) < 4.78 is 5.71. The number of hydrogen-bond donors (Lipinski definition) is 0. The average molecular weight is 305 g/mol. The van der Waals surface area contributed by atoms with Crippen LogP contribution in [0.2, 0.25) is 0 Å². The molecule has 0 bridgehead atoms. The smallest absolute Gasteiger partial charge is 0.175 e. The molecule has 23 heavy (non-hydrogen) atoms. The van der Waals surface area contributed by atoms with E-state index in [4.69, 9.17) is 10.00 Å². The van der Waals surface area contributed by atoms with E-state index in [0.717, 1.165) is 16.9 Å². The first kappa shape index (κ1) is 16.5. The van der Waals surface area contributed by atoms with Crippen molar-refractivity contribution in [1.29, 1.82) is 5.26 Å². The molecule has 0 radical (unpaired) electrons. The van der Waals surface area contributed by atoms with E-state index in [-0.39, 0.29) is 17.3 Å². The van der Waals surface area contributed by atoms with E-state index in [1.165, 1.54) is 0 Å². The number of allylic oxidation sites excluding steroid dienone is 1. The van der Waals surface area contributed by atoms with Crippen LogP contribution in [0.15, 0.2) is 60.2 Å². The summed E-state index contributed by atoms with van der Waals surface area (Å²) in [5, 5.41) is 9.11. The third-order valence-electron chi connectivity index (χ3n) is 3.35. The van der Waals surface area contributed by atoms with Crippen molar-refractivity contribution < 1.29 is 9.53 Å². The molecule has 3 nitrogen and oxygen atoms in total. The summed E-state index contributed by atoms with van der Waals surface area (Å²) in [5.74, 6) is 0.422. The van der Waals surface area contributed by atoms with Crippen molar-refractivity contribution in [3.8, 4) is 11.8 Å². The third kappa shape index (κ3) is 4.82. The monoisotopic (exact) mass is 305 g/mol. The Morgan fingerprint density at radius 1 is 1.13 bits per heavy atom. The van der Waals surface area contributed by atoms with Gasteiger partial charge in [0.05, 0.1) is 5.57 Å². The number of hydrogen-bond acceptors (Lipinski definition) is 3. The van der Waals surface area contributed by atoms with Crippen molar-refractivity contribution in [3.63, 3.8) is 0 Å². The fraction of sp³-hybridized carbons (Fsp3) is 0.200. The molecule has 0 aliphatic heterocycles. The average Bonchev–Trinajstić information content (AvgIpc) is 2.59. The van der Waals surface area contributed by atoms with Crippen LogP contribution in [0.3, 0.4) is 0 Å². The Morgan fingerprint density at radius 3 is 2.35 bits per heavy atom. The van der Waals surface area contributed by atoms with E-state index >= 15 is 0 Å². The van der Waals surface area contributed by atoms with E-state index < -0.39 is 0 Å². The predicted molar refractivity (Wildman–Crippen MR) is 90.7 cm³/mol. The van der Waals surface area contributed by atoms with Gasteiger partial charge in [-0.25, -0.2) is 0 Å². The molecule has 116 valence electrons. The van der Waals surface area contributed by atoms with Gasteiger partial charge in [0.15, 0.2) is 5.78 Å². The molecule has 0 amide bonds. The van der Waals surface area contributed by atoms with Crippen LogP contribution < -0.4 is 4.74 Å². The van der Waals surface area contributed by atoms with E-state index in [2.05, 4.69) is 0 Å². The van der Waals surface area contributed by atoms with Gasteiger partial charge in [0.25, 0.3) is 0 Å². The highest BCUT2D eigenvalue weighted by molar-refractivity contribution is 6.04. The number of nitriles is 1. The molecule has 0 aliphatic rings. The van der Waals surface area contributed by atoms with Crippen LogP contribution in [0, 0.1) is 17.2 Å². The first-order valence-corrected chi connectivity index (χ1v) is 7.53. The summed E-state index contributed by atoms with van der Waals surface area (Å²) in [7, 11) is 0. The molecule has 0 spiro atoms. The van der Waals surface area contributed by atoms with Crippen LogP contribution in [-0.2, 0) is 11.4 Å². The number of rotatable bonds is 6. The molecular formula is C20H19NO2. The molecule has 0 fully saturated rings. The van der Waals surface area contributed by atoms with E-state index in [0.29, 0.717) is 6.61 Å². The van der Waals surface area contributed by atoms with Crippen molar-refractivity contribution in [1.82, 2.24) is 0 Å². The number of benzene rings is 2. The van der Waals surface area contributed by atoms with Crippen molar-refractivity contribution in [2.75, 3.05) is 0 Å². The minimum Gasteiger partial charge on any atom is -0.489 e. The highest BCUT2D eigenvalue weighted by atomic mass is 16.5. The number of ether oxygens (including phenoxy) is 1. The zero-order valence-corrected chi connectivity index (χ0v) is 13.3. The predicted octanol–water partition coefficient (Wildman–Crippen LogP) is 4.40. The Balaban J connectivity index is 2.04. The Hall–Kier alpha value is -2.86. The largest absolute Gasteiger partial charge is 0.489 e. The molecule has 0 saturated heterocycles. The van der Waals surface area contributed by atoms with Gasteiger partial charge in [0.2, 0.25) is 0 Å². The van der Waals surface area contributed by atoms with Gasteiger partial charge >= 0.3 is 0 Å². The second kappa shape index (κ2) is 7.95. The van der Waals surface area contributed by atoms with Crippen LogP contribution in [-0.4, -0.2) is 5.78 Å². The van der Waals surface area contributed by atoms with Crippen LogP contribution >= 0.6 is 0 Å². The summed E-state index contributed by atoms with van der Waals surface area (Å²) in [6.45, 7) is 4.08. The molecular weight excluding hydrogens is 286 g/mol. The zero-order valence-electron chi connectivity index (χ0n) is 13.3. The Morgan fingerprint density at radius 2 is 1.78 bits per heavy atom. The van der Waals surface area contributed by atoms with Crippen molar-refractivity contribution in [2.45, 2.75) is 20.5 Å². The van der Waals surface area contributed by atoms with Crippen LogP contribution in [0.4, 0.5) is 0 Å². The molecule has 0 atom stereocenters. The number of carbonyl (C=O) groups is 1. The summed E-state index contributed by atoms with van der Waals surface area (Å²) in [6, 6.07) is 19.3. The molecule has 2 aromatic rings. The van der Waals surface area contributed by atoms with E-state index in [9.17, 15) is 4.79 Å². The molecule has 0 saturated carbocycles. The lowest BCUT2D eigenvalue weighted by Crippen LogP contribution is -2.08. The van der Waals surface area contributed by atoms with E-state index in [1.54, 1.807) is 19.9 Å². The van der Waals surface area contributed by atoms with E-state index in [1.807, 2.05) is 60.7 Å². The fourth-order valence-corrected chi connectivity index (χ4v) is 2.04. The first-order chi connectivity index (χ1) is 11.1. The zero-order chi connectivity index (χ0) is 16.7. The summed E-state index contributed by atoms with van der Waals surface area (Å²) in [6.07, 6.45) is 1.61. The number of nitrogens with zero attached hydrogens (tertiary/aromatic N) is 1. The van der Waals surface area contributed by atoms with Gasteiger partial charge < -0.3 is 4.74 Å². The summed E-state index contributed by atoms with van der Waals surface area (Å²) in [5.41, 5.74) is 2.09. The molecule has 0 heterocycles. The minimum atomic E-state index is -0.186. The highest BCUT2D eigenvalue weighted by Crippen LogP contribution is 2.17. The lowest BCUT2D eigenvalue weighted by molar-refractivity contribution is -0.117. The van der Waals surface area contributed by atoms with Gasteiger partial charge in [-0.3, -0.25) is 4.79 Å². The summed E-state index contributed by atoms with van der Waals surface area (Å²) >= 11 is 0. The van der Waals surface area contributed by atoms with Crippen LogP contribution in [0.25, 0.3) is 6.08 Å². The molecule has 3 heteroatoms. The fourth-order valence-electron chi connectivity index (χ4n) is 2.04. The molecule has 0 N–H and O–H groups in total. The molecule has 0 aliphatic carbocycles. The van der Waals surface area contributed by atoms with Crippen molar-refractivity contribution in [3.05, 3.63) is 71.3 Å². The normalized spacial score (nSPS) is 11.1. The van der Waals surface area contributed by atoms with Gasteiger partial charge in [0.1, 0.15) is 18.4 Å². The first-order valence-electron chi connectivity index (χ1n) is 7.53. The Kier molecular flexibility index (Phi) is 5.71. The SMILES string of the molecule is CC(C)C(=O)/C(C#N)=C\c1ccc(OCc2ccccc2)cc1. The Labute approximate surface area is 136 Å². The summed E-state index contributed by atoms with van der Waals surface area (Å²) in [4.78, 5) is 11.9. The second-order valence-corrected chi connectivity index (χ2v) is 5.53.